The molecule has 1 fully saturated rings. The summed E-state index contributed by atoms with van der Waals surface area (Å²) in [6.45, 7) is 7.76. The van der Waals surface area contributed by atoms with E-state index in [9.17, 15) is 4.79 Å². The Morgan fingerprint density at radius 3 is 2.72 bits per heavy atom. The number of carbonyl (C=O) groups excluding carboxylic acids is 1. The third kappa shape index (κ3) is 2.48. The molecule has 0 radical (unpaired) electrons. The van der Waals surface area contributed by atoms with Gasteiger partial charge >= 0.3 is 0 Å². The number of anilines is 1. The third-order valence-corrected chi connectivity index (χ3v) is 3.24. The number of nitrogens with zero attached hydrogens (tertiary/aromatic N) is 1. The van der Waals surface area contributed by atoms with Crippen molar-refractivity contribution >= 4 is 11.6 Å². The summed E-state index contributed by atoms with van der Waals surface area (Å²) in [4.78, 5) is 14.4. The number of rotatable bonds is 1. The second kappa shape index (κ2) is 4.61. The first-order chi connectivity index (χ1) is 8.40. The van der Waals surface area contributed by atoms with Crippen LogP contribution >= 0.6 is 0 Å². The number of hydrogen-bond donors (Lipinski definition) is 1. The molecule has 0 spiro atoms. The molecule has 1 heterocycles. The van der Waals surface area contributed by atoms with Gasteiger partial charge in [0.1, 0.15) is 0 Å². The first-order valence-corrected chi connectivity index (χ1v) is 6.17. The van der Waals surface area contributed by atoms with Gasteiger partial charge in [-0.25, -0.2) is 0 Å². The zero-order valence-electron chi connectivity index (χ0n) is 11.2. The summed E-state index contributed by atoms with van der Waals surface area (Å²) >= 11 is 0. The molecule has 0 atom stereocenters. The van der Waals surface area contributed by atoms with Crippen LogP contribution in [0.3, 0.4) is 0 Å². The van der Waals surface area contributed by atoms with Crippen LogP contribution in [0.15, 0.2) is 18.2 Å². The Morgan fingerprint density at radius 2 is 2.11 bits per heavy atom. The maximum Gasteiger partial charge on any atom is 0.254 e. The summed E-state index contributed by atoms with van der Waals surface area (Å²) in [7, 11) is 0. The summed E-state index contributed by atoms with van der Waals surface area (Å²) in [6, 6.07) is 5.48. The van der Waals surface area contributed by atoms with Crippen LogP contribution in [0, 0.1) is 6.92 Å². The van der Waals surface area contributed by atoms with Crippen LogP contribution in [0.5, 0.6) is 0 Å². The minimum atomic E-state index is -0.270. The number of amides is 1. The summed E-state index contributed by atoms with van der Waals surface area (Å²) in [5, 5.41) is 0. The molecule has 1 amide bonds. The highest BCUT2D eigenvalue weighted by atomic mass is 16.5. The molecule has 1 aliphatic rings. The fraction of sp³-hybridized carbons (Fsp3) is 0.500. The third-order valence-electron chi connectivity index (χ3n) is 3.24. The van der Waals surface area contributed by atoms with Crippen LogP contribution in [0.25, 0.3) is 0 Å². The van der Waals surface area contributed by atoms with Gasteiger partial charge in [0.15, 0.2) is 0 Å². The van der Waals surface area contributed by atoms with E-state index >= 15 is 0 Å². The van der Waals surface area contributed by atoms with Crippen LogP contribution < -0.4 is 5.73 Å². The van der Waals surface area contributed by atoms with E-state index in [-0.39, 0.29) is 11.4 Å². The molecular formula is C14H20N2O2. The maximum atomic E-state index is 12.5. The average molecular weight is 248 g/mol. The molecular weight excluding hydrogens is 228 g/mol. The standard InChI is InChI=1S/C14H20N2O2/c1-10-6-11(8-12(15)7-10)13(17)16-4-5-18-9-14(16,2)3/h6-8H,4-5,9,15H2,1-3H3. The Bertz CT molecular complexity index is 449. The summed E-state index contributed by atoms with van der Waals surface area (Å²) < 4.78 is 5.43. The molecule has 4 heteroatoms. The molecule has 2 rings (SSSR count). The first-order valence-electron chi connectivity index (χ1n) is 6.17. The van der Waals surface area contributed by atoms with Crippen molar-refractivity contribution in [1.82, 2.24) is 4.90 Å². The minimum absolute atomic E-state index is 0.0266. The molecule has 1 aromatic rings. The molecule has 0 aromatic heterocycles. The Hall–Kier alpha value is -1.55. The highest BCUT2D eigenvalue weighted by Gasteiger charge is 2.34. The molecule has 0 unspecified atom stereocenters. The van der Waals surface area contributed by atoms with Crippen LogP contribution in [-0.4, -0.2) is 36.1 Å². The lowest BCUT2D eigenvalue weighted by atomic mass is 10.00. The lowest BCUT2D eigenvalue weighted by molar-refractivity contribution is -0.0370. The Balaban J connectivity index is 2.30. The largest absolute Gasteiger partial charge is 0.399 e. The number of hydrogen-bond acceptors (Lipinski definition) is 3. The Labute approximate surface area is 108 Å². The van der Waals surface area contributed by atoms with Gasteiger partial charge in [-0.1, -0.05) is 0 Å². The number of benzene rings is 1. The smallest absolute Gasteiger partial charge is 0.254 e. The van der Waals surface area contributed by atoms with Crippen molar-refractivity contribution in [1.29, 1.82) is 0 Å². The van der Waals surface area contributed by atoms with Crippen molar-refractivity contribution < 1.29 is 9.53 Å². The molecule has 2 N–H and O–H groups in total. The second-order valence-corrected chi connectivity index (χ2v) is 5.45. The van der Waals surface area contributed by atoms with Crippen molar-refractivity contribution in [2.24, 2.45) is 0 Å². The van der Waals surface area contributed by atoms with Gasteiger partial charge in [0.05, 0.1) is 18.8 Å². The molecule has 0 bridgehead atoms. The van der Waals surface area contributed by atoms with Crippen LogP contribution in [-0.2, 0) is 4.74 Å². The first kappa shape index (κ1) is 12.9. The van der Waals surface area contributed by atoms with Gasteiger partial charge in [-0.15, -0.1) is 0 Å². The number of nitrogens with two attached hydrogens (primary N) is 1. The molecule has 0 saturated carbocycles. The van der Waals surface area contributed by atoms with Crippen LogP contribution in [0.1, 0.15) is 29.8 Å². The second-order valence-electron chi connectivity index (χ2n) is 5.45. The topological polar surface area (TPSA) is 55.6 Å². The molecule has 1 aliphatic heterocycles. The SMILES string of the molecule is Cc1cc(N)cc(C(=O)N2CCOCC2(C)C)c1. The van der Waals surface area contributed by atoms with E-state index < -0.39 is 0 Å². The summed E-state index contributed by atoms with van der Waals surface area (Å²) in [5.41, 5.74) is 7.82. The normalized spacial score (nSPS) is 18.7. The fourth-order valence-electron chi connectivity index (χ4n) is 2.33. The summed E-state index contributed by atoms with van der Waals surface area (Å²) in [6.07, 6.45) is 0. The highest BCUT2D eigenvalue weighted by Crippen LogP contribution is 2.23. The minimum Gasteiger partial charge on any atom is -0.399 e. The number of aryl methyl sites for hydroxylation is 1. The van der Waals surface area contributed by atoms with E-state index in [1.165, 1.54) is 0 Å². The lowest BCUT2D eigenvalue weighted by Gasteiger charge is -2.42. The lowest BCUT2D eigenvalue weighted by Crippen LogP contribution is -2.55. The quantitative estimate of drug-likeness (QED) is 0.771. The van der Waals surface area contributed by atoms with Crippen molar-refractivity contribution in [3.8, 4) is 0 Å². The maximum absolute atomic E-state index is 12.5. The highest BCUT2D eigenvalue weighted by molar-refractivity contribution is 5.95. The molecule has 4 nitrogen and oxygen atoms in total. The monoisotopic (exact) mass is 248 g/mol. The predicted molar refractivity (Wildman–Crippen MR) is 71.5 cm³/mol. The van der Waals surface area contributed by atoms with Crippen LogP contribution in [0.4, 0.5) is 5.69 Å². The van der Waals surface area contributed by atoms with E-state index in [1.54, 1.807) is 6.07 Å². The number of ether oxygens (including phenoxy) is 1. The Kier molecular flexibility index (Phi) is 3.30. The summed E-state index contributed by atoms with van der Waals surface area (Å²) in [5.74, 6) is 0.0266. The van der Waals surface area contributed by atoms with Gasteiger partial charge < -0.3 is 15.4 Å². The van der Waals surface area contributed by atoms with Gasteiger partial charge in [-0.3, -0.25) is 4.79 Å². The van der Waals surface area contributed by atoms with Crippen molar-refractivity contribution in [3.63, 3.8) is 0 Å². The van der Waals surface area contributed by atoms with Gasteiger partial charge in [0, 0.05) is 17.8 Å². The van der Waals surface area contributed by atoms with Gasteiger partial charge in [0.2, 0.25) is 0 Å². The van der Waals surface area contributed by atoms with Crippen molar-refractivity contribution in [2.75, 3.05) is 25.5 Å². The molecule has 0 aliphatic carbocycles. The average Bonchev–Trinajstić information content (AvgIpc) is 2.26. The van der Waals surface area contributed by atoms with Gasteiger partial charge in [-0.2, -0.15) is 0 Å². The van der Waals surface area contributed by atoms with E-state index in [2.05, 4.69) is 0 Å². The van der Waals surface area contributed by atoms with E-state index in [0.29, 0.717) is 31.0 Å². The van der Waals surface area contributed by atoms with Crippen molar-refractivity contribution in [2.45, 2.75) is 26.3 Å². The number of morpholine rings is 1. The van der Waals surface area contributed by atoms with Gasteiger partial charge in [-0.05, 0) is 44.5 Å². The molecule has 18 heavy (non-hydrogen) atoms. The van der Waals surface area contributed by atoms with Crippen molar-refractivity contribution in [3.05, 3.63) is 29.3 Å². The fourth-order valence-corrected chi connectivity index (χ4v) is 2.33. The zero-order chi connectivity index (χ0) is 13.3. The molecule has 98 valence electrons. The van der Waals surface area contributed by atoms with E-state index in [1.807, 2.05) is 37.8 Å². The Morgan fingerprint density at radius 1 is 1.39 bits per heavy atom. The van der Waals surface area contributed by atoms with Crippen LogP contribution in [0.2, 0.25) is 0 Å². The molecule has 1 saturated heterocycles. The molecule has 1 aromatic carbocycles. The number of nitrogen functional groups attached to an aromatic ring is 1. The number of carbonyl (C=O) groups is 1. The van der Waals surface area contributed by atoms with E-state index in [4.69, 9.17) is 10.5 Å². The zero-order valence-corrected chi connectivity index (χ0v) is 11.2. The van der Waals surface area contributed by atoms with Gasteiger partial charge in [0.25, 0.3) is 5.91 Å². The predicted octanol–water partition coefficient (Wildman–Crippen LogP) is 1.83. The van der Waals surface area contributed by atoms with E-state index in [0.717, 1.165) is 5.56 Å².